The van der Waals surface area contributed by atoms with E-state index < -0.39 is 0 Å². The van der Waals surface area contributed by atoms with Crippen LogP contribution in [-0.2, 0) is 5.41 Å². The maximum Gasteiger partial charge on any atom is 0.0468 e. The van der Waals surface area contributed by atoms with Crippen LogP contribution in [0.2, 0.25) is 0 Å². The minimum Gasteiger partial charge on any atom is -0.336 e. The lowest BCUT2D eigenvalue weighted by Crippen LogP contribution is -2.37. The molecule has 0 bridgehead atoms. The quantitative estimate of drug-likeness (QED) is 0.189. The van der Waals surface area contributed by atoms with Gasteiger partial charge in [0.1, 0.15) is 0 Å². The van der Waals surface area contributed by atoms with Gasteiger partial charge in [-0.05, 0) is 117 Å². The van der Waals surface area contributed by atoms with Crippen molar-refractivity contribution in [2.75, 3.05) is 9.80 Å². The molecule has 0 saturated heterocycles. The largest absolute Gasteiger partial charge is 0.336 e. The summed E-state index contributed by atoms with van der Waals surface area (Å²) in [6, 6.07) is 44.3. The summed E-state index contributed by atoms with van der Waals surface area (Å²) in [6.45, 7) is 13.7. The number of anilines is 5. The van der Waals surface area contributed by atoms with Crippen LogP contribution >= 0.6 is 11.3 Å². The number of hydrogen-bond donors (Lipinski definition) is 0. The fourth-order valence-electron chi connectivity index (χ4n) is 5.81. The Morgan fingerprint density at radius 2 is 1.00 bits per heavy atom. The highest BCUT2D eigenvalue weighted by Crippen LogP contribution is 2.43. The Labute approximate surface area is 254 Å². The lowest BCUT2D eigenvalue weighted by Gasteiger charge is -2.38. The molecule has 0 amide bonds. The second-order valence-electron chi connectivity index (χ2n) is 12.8. The Balaban J connectivity index is 1.46. The van der Waals surface area contributed by atoms with E-state index in [0.717, 1.165) is 23.5 Å². The third-order valence-corrected chi connectivity index (χ3v) is 9.59. The van der Waals surface area contributed by atoms with E-state index in [1.807, 2.05) is 11.3 Å². The van der Waals surface area contributed by atoms with Gasteiger partial charge in [-0.15, -0.1) is 11.3 Å². The van der Waals surface area contributed by atoms with E-state index in [1.54, 1.807) is 0 Å². The topological polar surface area (TPSA) is 6.48 Å². The van der Waals surface area contributed by atoms with Crippen LogP contribution in [0.5, 0.6) is 0 Å². The normalized spacial score (nSPS) is 12.1. The van der Waals surface area contributed by atoms with E-state index in [0.29, 0.717) is 0 Å². The van der Waals surface area contributed by atoms with Crippen molar-refractivity contribution in [3.05, 3.63) is 127 Å². The monoisotopic (exact) mass is 568 g/mol. The van der Waals surface area contributed by atoms with E-state index in [4.69, 9.17) is 0 Å². The van der Waals surface area contributed by atoms with Gasteiger partial charge in [0.25, 0.3) is 0 Å². The first kappa shape index (κ1) is 28.1. The minimum atomic E-state index is -0.0712. The number of para-hydroxylation sites is 2. The summed E-state index contributed by atoms with van der Waals surface area (Å²) in [4.78, 5) is 4.78. The molecule has 0 aliphatic rings. The zero-order chi connectivity index (χ0) is 29.5. The third kappa shape index (κ3) is 5.30. The van der Waals surface area contributed by atoms with Crippen LogP contribution < -0.4 is 9.80 Å². The first-order chi connectivity index (χ1) is 20.2. The predicted molar refractivity (Wildman–Crippen MR) is 186 cm³/mol. The molecule has 5 aromatic carbocycles. The van der Waals surface area contributed by atoms with Gasteiger partial charge in [0.2, 0.25) is 0 Å². The van der Waals surface area contributed by atoms with Crippen molar-refractivity contribution in [3.8, 4) is 0 Å². The smallest absolute Gasteiger partial charge is 0.0468 e. The van der Waals surface area contributed by atoms with E-state index >= 15 is 0 Å². The lowest BCUT2D eigenvalue weighted by molar-refractivity contribution is 0.507. The summed E-state index contributed by atoms with van der Waals surface area (Å²) in [7, 11) is 0. The van der Waals surface area contributed by atoms with Crippen molar-refractivity contribution in [2.24, 2.45) is 0 Å². The molecule has 0 fully saturated rings. The standard InChI is InChI=1S/C39H40N2S/c1-7-39(5,6)28-18-24-36-34(26-28)35-27-33(23-25-37(35)42-36)40(29-14-10-8-11-15-29)30-19-21-32(22-20-30)41(38(2,3)4)31-16-12-9-13-17-31/h8-27H,7H2,1-6H3. The fourth-order valence-corrected chi connectivity index (χ4v) is 6.87. The van der Waals surface area contributed by atoms with Gasteiger partial charge in [-0.3, -0.25) is 0 Å². The molecule has 2 nitrogen and oxygen atoms in total. The Bertz CT molecular complexity index is 1810. The van der Waals surface area contributed by atoms with E-state index in [1.165, 1.54) is 37.1 Å². The van der Waals surface area contributed by atoms with Gasteiger partial charge >= 0.3 is 0 Å². The molecule has 6 aromatic rings. The van der Waals surface area contributed by atoms with Crippen LogP contribution in [-0.4, -0.2) is 5.54 Å². The van der Waals surface area contributed by atoms with Crippen LogP contribution in [0.4, 0.5) is 28.4 Å². The van der Waals surface area contributed by atoms with Crippen molar-refractivity contribution in [2.45, 2.75) is 58.9 Å². The SMILES string of the molecule is CCC(C)(C)c1ccc2sc3ccc(N(c4ccccc4)c4ccc(N(c5ccccc5)C(C)(C)C)cc4)cc3c2c1. The Morgan fingerprint density at radius 3 is 1.60 bits per heavy atom. The average Bonchev–Trinajstić information content (AvgIpc) is 3.36. The Morgan fingerprint density at radius 1 is 0.524 bits per heavy atom. The number of benzene rings is 5. The average molecular weight is 569 g/mol. The third-order valence-electron chi connectivity index (χ3n) is 8.44. The number of thiophene rings is 1. The summed E-state index contributed by atoms with van der Waals surface area (Å²) < 4.78 is 2.67. The van der Waals surface area contributed by atoms with Gasteiger partial charge in [0.05, 0.1) is 0 Å². The summed E-state index contributed by atoms with van der Waals surface area (Å²) in [5, 5.41) is 2.67. The molecule has 0 atom stereocenters. The second kappa shape index (κ2) is 11.0. The lowest BCUT2D eigenvalue weighted by atomic mass is 9.82. The Kier molecular flexibility index (Phi) is 7.32. The van der Waals surface area contributed by atoms with Gasteiger partial charge in [-0.2, -0.15) is 0 Å². The summed E-state index contributed by atoms with van der Waals surface area (Å²) >= 11 is 1.88. The highest BCUT2D eigenvalue weighted by Gasteiger charge is 2.24. The fraction of sp³-hybridized carbons (Fsp3) is 0.231. The van der Waals surface area contributed by atoms with Crippen LogP contribution in [0.25, 0.3) is 20.2 Å². The van der Waals surface area contributed by atoms with Crippen LogP contribution in [0, 0.1) is 0 Å². The molecule has 0 spiro atoms. The van der Waals surface area contributed by atoms with Gasteiger partial charge < -0.3 is 9.80 Å². The number of rotatable bonds is 7. The maximum absolute atomic E-state index is 2.42. The van der Waals surface area contributed by atoms with Crippen LogP contribution in [0.15, 0.2) is 121 Å². The molecule has 0 aliphatic carbocycles. The molecule has 0 unspecified atom stereocenters. The second-order valence-corrected chi connectivity index (χ2v) is 13.8. The van der Waals surface area contributed by atoms with Crippen molar-refractivity contribution in [1.82, 2.24) is 0 Å². The summed E-state index contributed by atoms with van der Waals surface area (Å²) in [6.07, 6.45) is 1.11. The zero-order valence-corrected chi connectivity index (χ0v) is 26.4. The first-order valence-corrected chi connectivity index (χ1v) is 15.7. The maximum atomic E-state index is 2.42. The molecule has 0 radical (unpaired) electrons. The van der Waals surface area contributed by atoms with Gasteiger partial charge in [0.15, 0.2) is 0 Å². The highest BCUT2D eigenvalue weighted by atomic mass is 32.1. The van der Waals surface area contributed by atoms with Crippen molar-refractivity contribution in [1.29, 1.82) is 0 Å². The Hall–Kier alpha value is -4.08. The van der Waals surface area contributed by atoms with Gasteiger partial charge in [0, 0.05) is 54.1 Å². The van der Waals surface area contributed by atoms with E-state index in [-0.39, 0.29) is 11.0 Å². The molecule has 1 aromatic heterocycles. The molecule has 1 heterocycles. The summed E-state index contributed by atoms with van der Waals surface area (Å²) in [5.74, 6) is 0. The van der Waals surface area contributed by atoms with E-state index in [9.17, 15) is 0 Å². The zero-order valence-electron chi connectivity index (χ0n) is 25.6. The molecular formula is C39H40N2S. The number of fused-ring (bicyclic) bond motifs is 3. The molecule has 42 heavy (non-hydrogen) atoms. The molecule has 0 N–H and O–H groups in total. The predicted octanol–water partition coefficient (Wildman–Crippen LogP) is 12.1. The van der Waals surface area contributed by atoms with Gasteiger partial charge in [-0.1, -0.05) is 63.2 Å². The minimum absolute atomic E-state index is 0.0712. The van der Waals surface area contributed by atoms with Crippen molar-refractivity contribution < 1.29 is 0 Å². The van der Waals surface area contributed by atoms with Gasteiger partial charge in [-0.25, -0.2) is 0 Å². The molecule has 0 aliphatic heterocycles. The van der Waals surface area contributed by atoms with Crippen LogP contribution in [0.3, 0.4) is 0 Å². The van der Waals surface area contributed by atoms with Crippen molar-refractivity contribution in [3.63, 3.8) is 0 Å². The first-order valence-electron chi connectivity index (χ1n) is 14.9. The summed E-state index contributed by atoms with van der Waals surface area (Å²) in [5.41, 5.74) is 7.30. The number of nitrogens with zero attached hydrogens (tertiary/aromatic N) is 2. The molecule has 0 saturated carbocycles. The van der Waals surface area contributed by atoms with Crippen molar-refractivity contribution >= 4 is 59.9 Å². The molecule has 3 heteroatoms. The molecule has 212 valence electrons. The van der Waals surface area contributed by atoms with E-state index in [2.05, 4.69) is 173 Å². The number of hydrogen-bond acceptors (Lipinski definition) is 3. The van der Waals surface area contributed by atoms with Crippen LogP contribution in [0.1, 0.15) is 53.5 Å². The molecule has 6 rings (SSSR count). The molecular weight excluding hydrogens is 529 g/mol. The highest BCUT2D eigenvalue weighted by molar-refractivity contribution is 7.25.